The highest BCUT2D eigenvalue weighted by atomic mass is 16.5. The number of aromatic nitrogens is 3. The van der Waals surface area contributed by atoms with Gasteiger partial charge >= 0.3 is 0 Å². The number of likely N-dealkylation sites (N-methyl/N-ethyl adjacent to an activating group) is 1. The predicted molar refractivity (Wildman–Crippen MR) is 104 cm³/mol. The Balaban J connectivity index is 1.61. The van der Waals surface area contributed by atoms with Crippen LogP contribution in [-0.4, -0.2) is 52.1 Å². The lowest BCUT2D eigenvalue weighted by atomic mass is 9.91. The topological polar surface area (TPSA) is 78.3 Å². The zero-order valence-electron chi connectivity index (χ0n) is 16.2. The highest BCUT2D eigenvalue weighted by Crippen LogP contribution is 2.31. The van der Waals surface area contributed by atoms with Crippen molar-refractivity contribution in [1.29, 1.82) is 0 Å². The van der Waals surface area contributed by atoms with Crippen molar-refractivity contribution in [3.05, 3.63) is 41.5 Å². The molecule has 1 aliphatic rings. The van der Waals surface area contributed by atoms with Gasteiger partial charge in [0.1, 0.15) is 17.0 Å². The van der Waals surface area contributed by atoms with Gasteiger partial charge in [-0.2, -0.15) is 0 Å². The zero-order chi connectivity index (χ0) is 19.1. The first kappa shape index (κ1) is 17.6. The number of fused-ring (bicyclic) bond motifs is 1. The molecule has 1 aliphatic heterocycles. The van der Waals surface area contributed by atoms with Gasteiger partial charge in [-0.05, 0) is 38.3 Å². The summed E-state index contributed by atoms with van der Waals surface area (Å²) in [4.78, 5) is 24.8. The first-order valence-electron chi connectivity index (χ1n) is 9.34. The second-order valence-corrected chi connectivity index (χ2v) is 7.46. The molecular weight excluding hydrogens is 342 g/mol. The van der Waals surface area contributed by atoms with Crippen LogP contribution in [0.1, 0.15) is 35.2 Å². The number of aromatic amines is 1. The van der Waals surface area contributed by atoms with Crippen molar-refractivity contribution in [2.24, 2.45) is 5.92 Å². The standard InChI is InChI=1S/C20H25N5O2/c1-12-7-10-25(20(26)18-13(2)23-27-14(18)3)11-17(12)24(4)16-6-9-22-19-15(16)5-8-21-19/h5-6,8-9,12,17H,7,10-11H2,1-4H3,(H,21,22)/t12-,17+/m1/s1. The van der Waals surface area contributed by atoms with E-state index in [2.05, 4.69) is 40.1 Å². The van der Waals surface area contributed by atoms with Crippen LogP contribution in [0.25, 0.3) is 11.0 Å². The van der Waals surface area contributed by atoms with Crippen molar-refractivity contribution in [3.8, 4) is 0 Å². The largest absolute Gasteiger partial charge is 0.369 e. The molecular formula is C20H25N5O2. The molecule has 0 unspecified atom stereocenters. The van der Waals surface area contributed by atoms with Crippen LogP contribution >= 0.6 is 0 Å². The van der Waals surface area contributed by atoms with Crippen molar-refractivity contribution >= 4 is 22.6 Å². The molecule has 3 aromatic heterocycles. The SMILES string of the molecule is Cc1noc(C)c1C(=O)N1CC[C@@H](C)[C@@H](N(C)c2ccnc3[nH]ccc23)C1. The summed E-state index contributed by atoms with van der Waals surface area (Å²) in [5, 5.41) is 5.03. The molecule has 0 bridgehead atoms. The van der Waals surface area contributed by atoms with Gasteiger partial charge in [-0.25, -0.2) is 4.98 Å². The molecule has 7 heteroatoms. The van der Waals surface area contributed by atoms with Crippen LogP contribution in [0.5, 0.6) is 0 Å². The number of rotatable bonds is 3. The maximum atomic E-state index is 13.1. The molecule has 27 heavy (non-hydrogen) atoms. The summed E-state index contributed by atoms with van der Waals surface area (Å²) in [5.74, 6) is 1.08. The summed E-state index contributed by atoms with van der Waals surface area (Å²) in [6.45, 7) is 7.30. The van der Waals surface area contributed by atoms with E-state index in [1.54, 1.807) is 6.92 Å². The molecule has 1 amide bonds. The monoisotopic (exact) mass is 367 g/mol. The van der Waals surface area contributed by atoms with E-state index in [4.69, 9.17) is 4.52 Å². The van der Waals surface area contributed by atoms with E-state index in [1.165, 1.54) is 0 Å². The Bertz CT molecular complexity index is 956. The van der Waals surface area contributed by atoms with E-state index < -0.39 is 0 Å². The average molecular weight is 367 g/mol. The summed E-state index contributed by atoms with van der Waals surface area (Å²) in [6.07, 6.45) is 4.70. The van der Waals surface area contributed by atoms with Crippen molar-refractivity contribution in [1.82, 2.24) is 20.0 Å². The Morgan fingerprint density at radius 2 is 2.19 bits per heavy atom. The number of likely N-dealkylation sites (tertiary alicyclic amines) is 1. The number of anilines is 1. The van der Waals surface area contributed by atoms with Gasteiger partial charge in [0.2, 0.25) is 0 Å². The number of carbonyl (C=O) groups excluding carboxylic acids is 1. The van der Waals surface area contributed by atoms with Gasteiger partial charge in [0.05, 0.1) is 5.69 Å². The molecule has 1 fully saturated rings. The van der Waals surface area contributed by atoms with Crippen LogP contribution in [0.15, 0.2) is 29.0 Å². The van der Waals surface area contributed by atoms with Gasteiger partial charge in [-0.15, -0.1) is 0 Å². The zero-order valence-corrected chi connectivity index (χ0v) is 16.2. The fourth-order valence-corrected chi connectivity index (χ4v) is 4.12. The number of carbonyl (C=O) groups is 1. The Kier molecular flexibility index (Phi) is 4.37. The van der Waals surface area contributed by atoms with Crippen molar-refractivity contribution < 1.29 is 9.32 Å². The second-order valence-electron chi connectivity index (χ2n) is 7.46. The number of hydrogen-bond acceptors (Lipinski definition) is 5. The Morgan fingerprint density at radius 3 is 2.93 bits per heavy atom. The summed E-state index contributed by atoms with van der Waals surface area (Å²) in [6, 6.07) is 4.32. The molecule has 0 saturated carbocycles. The molecule has 0 aliphatic carbocycles. The van der Waals surface area contributed by atoms with Gasteiger partial charge < -0.3 is 19.3 Å². The number of pyridine rings is 1. The van der Waals surface area contributed by atoms with Crippen LogP contribution in [-0.2, 0) is 0 Å². The molecule has 7 nitrogen and oxygen atoms in total. The van der Waals surface area contributed by atoms with Crippen LogP contribution in [0, 0.1) is 19.8 Å². The van der Waals surface area contributed by atoms with Crippen molar-refractivity contribution in [3.63, 3.8) is 0 Å². The summed E-state index contributed by atoms with van der Waals surface area (Å²) in [7, 11) is 2.10. The van der Waals surface area contributed by atoms with Crippen LogP contribution in [0.3, 0.4) is 0 Å². The fraction of sp³-hybridized carbons (Fsp3) is 0.450. The van der Waals surface area contributed by atoms with Gasteiger partial charge in [-0.1, -0.05) is 12.1 Å². The first-order valence-corrected chi connectivity index (χ1v) is 9.34. The van der Waals surface area contributed by atoms with Gasteiger partial charge in [-0.3, -0.25) is 4.79 Å². The predicted octanol–water partition coefficient (Wildman–Crippen LogP) is 3.15. The molecule has 0 radical (unpaired) electrons. The molecule has 1 saturated heterocycles. The highest BCUT2D eigenvalue weighted by molar-refractivity contribution is 5.96. The van der Waals surface area contributed by atoms with Crippen LogP contribution in [0.2, 0.25) is 0 Å². The quantitative estimate of drug-likeness (QED) is 0.769. The van der Waals surface area contributed by atoms with E-state index in [9.17, 15) is 4.79 Å². The van der Waals surface area contributed by atoms with E-state index >= 15 is 0 Å². The molecule has 0 aromatic carbocycles. The van der Waals surface area contributed by atoms with Gasteiger partial charge in [0, 0.05) is 49.6 Å². The van der Waals surface area contributed by atoms with Crippen LogP contribution in [0.4, 0.5) is 5.69 Å². The third kappa shape index (κ3) is 2.97. The maximum Gasteiger partial charge on any atom is 0.259 e. The number of amides is 1. The molecule has 4 heterocycles. The number of nitrogens with zero attached hydrogens (tertiary/aromatic N) is 4. The number of H-pyrrole nitrogens is 1. The molecule has 3 aromatic rings. The van der Waals surface area contributed by atoms with E-state index in [-0.39, 0.29) is 11.9 Å². The third-order valence-corrected chi connectivity index (χ3v) is 5.77. The molecule has 0 spiro atoms. The van der Waals surface area contributed by atoms with E-state index in [1.807, 2.05) is 30.3 Å². The van der Waals surface area contributed by atoms with Gasteiger partial charge in [0.25, 0.3) is 5.91 Å². The summed E-state index contributed by atoms with van der Waals surface area (Å²) in [5.41, 5.74) is 3.27. The number of piperidine rings is 1. The summed E-state index contributed by atoms with van der Waals surface area (Å²) >= 11 is 0. The highest BCUT2D eigenvalue weighted by Gasteiger charge is 2.34. The lowest BCUT2D eigenvalue weighted by Crippen LogP contribution is -2.52. The normalized spacial score (nSPS) is 20.2. The maximum absolute atomic E-state index is 13.1. The lowest BCUT2D eigenvalue weighted by molar-refractivity contribution is 0.0668. The van der Waals surface area contributed by atoms with Crippen molar-refractivity contribution in [2.75, 3.05) is 25.0 Å². The molecule has 1 N–H and O–H groups in total. The fourth-order valence-electron chi connectivity index (χ4n) is 4.12. The molecule has 142 valence electrons. The number of nitrogens with one attached hydrogen (secondary N) is 1. The third-order valence-electron chi connectivity index (χ3n) is 5.77. The first-order chi connectivity index (χ1) is 13.0. The molecule has 2 atom stereocenters. The van der Waals surface area contributed by atoms with Gasteiger partial charge in [0.15, 0.2) is 0 Å². The Labute approximate surface area is 158 Å². The number of hydrogen-bond donors (Lipinski definition) is 1. The smallest absolute Gasteiger partial charge is 0.259 e. The number of aryl methyl sites for hydroxylation is 2. The minimum absolute atomic E-state index is 0.0121. The average Bonchev–Trinajstić information content (AvgIpc) is 3.27. The van der Waals surface area contributed by atoms with Crippen LogP contribution < -0.4 is 4.90 Å². The Morgan fingerprint density at radius 1 is 1.37 bits per heavy atom. The Hall–Kier alpha value is -2.83. The minimum atomic E-state index is 0.0121. The summed E-state index contributed by atoms with van der Waals surface area (Å²) < 4.78 is 5.19. The second kappa shape index (κ2) is 6.72. The van der Waals surface area contributed by atoms with Crippen molar-refractivity contribution in [2.45, 2.75) is 33.2 Å². The van der Waals surface area contributed by atoms with E-state index in [0.717, 1.165) is 29.7 Å². The lowest BCUT2D eigenvalue weighted by Gasteiger charge is -2.42. The van der Waals surface area contributed by atoms with E-state index in [0.29, 0.717) is 29.5 Å². The molecule has 4 rings (SSSR count). The minimum Gasteiger partial charge on any atom is -0.369 e.